The molecular formula is C27H32FN7O2. The highest BCUT2D eigenvalue weighted by Gasteiger charge is 2.27. The molecule has 1 aliphatic carbocycles. The van der Waals surface area contributed by atoms with Crippen molar-refractivity contribution in [1.82, 2.24) is 15.4 Å². The van der Waals surface area contributed by atoms with E-state index >= 15 is 4.39 Å². The second kappa shape index (κ2) is 11.2. The molecule has 0 radical (unpaired) electrons. The van der Waals surface area contributed by atoms with Gasteiger partial charge in [-0.25, -0.2) is 14.8 Å². The Bertz CT molecular complexity index is 1230. The third-order valence-corrected chi connectivity index (χ3v) is 7.01. The van der Waals surface area contributed by atoms with Gasteiger partial charge >= 0.3 is 0 Å². The van der Waals surface area contributed by atoms with Crippen LogP contribution in [0.3, 0.4) is 0 Å². The monoisotopic (exact) mass is 505 g/mol. The van der Waals surface area contributed by atoms with Gasteiger partial charge in [0.25, 0.3) is 0 Å². The highest BCUT2D eigenvalue weighted by Crippen LogP contribution is 2.33. The molecule has 9 nitrogen and oxygen atoms in total. The number of halogens is 1. The van der Waals surface area contributed by atoms with Crippen LogP contribution >= 0.6 is 0 Å². The third kappa shape index (κ3) is 5.56. The van der Waals surface area contributed by atoms with E-state index in [0.29, 0.717) is 24.6 Å². The lowest BCUT2D eigenvalue weighted by molar-refractivity contribution is 0.1000. The number of hydrazine groups is 1. The summed E-state index contributed by atoms with van der Waals surface area (Å²) >= 11 is 0. The van der Waals surface area contributed by atoms with E-state index in [1.807, 2.05) is 24.3 Å². The van der Waals surface area contributed by atoms with Crippen molar-refractivity contribution in [3.8, 4) is 11.1 Å². The van der Waals surface area contributed by atoms with Crippen molar-refractivity contribution < 1.29 is 13.9 Å². The molecule has 1 saturated heterocycles. The molecule has 3 aromatic rings. The van der Waals surface area contributed by atoms with E-state index < -0.39 is 11.7 Å². The smallest absolute Gasteiger partial charge is 0.250 e. The molecule has 1 aromatic carbocycles. The topological polar surface area (TPSA) is 123 Å². The number of carbonyl (C=O) groups is 1. The fourth-order valence-corrected chi connectivity index (χ4v) is 4.89. The highest BCUT2D eigenvalue weighted by atomic mass is 19.1. The number of nitrogens with two attached hydrogens (primary N) is 2. The van der Waals surface area contributed by atoms with Crippen molar-refractivity contribution in [2.45, 2.75) is 37.8 Å². The van der Waals surface area contributed by atoms with Crippen LogP contribution in [0, 0.1) is 5.82 Å². The van der Waals surface area contributed by atoms with E-state index in [2.05, 4.69) is 20.3 Å². The van der Waals surface area contributed by atoms with Gasteiger partial charge < -0.3 is 21.1 Å². The van der Waals surface area contributed by atoms with Crippen LogP contribution in [-0.4, -0.2) is 54.3 Å². The lowest BCUT2D eigenvalue weighted by atomic mass is 9.91. The first-order valence-corrected chi connectivity index (χ1v) is 12.7. The van der Waals surface area contributed by atoms with Crippen LogP contribution in [0.2, 0.25) is 0 Å². The standard InChI is InChI=1S/C27H32FN7O2/c28-26-21(18-4-3-5-20(14-18)34-10-12-37-13-11-34)16-31-17-24(26)35(33-23-7-2-1-6-22(23)29)25-9-8-19(15-32-25)27(30)36/h3-5,8-9,14-17,22-23,33H,1-2,6-7,10-13,29H2,(H2,30,36). The van der Waals surface area contributed by atoms with Crippen LogP contribution in [0.5, 0.6) is 0 Å². The predicted molar refractivity (Wildman–Crippen MR) is 141 cm³/mol. The van der Waals surface area contributed by atoms with E-state index in [1.165, 1.54) is 18.6 Å². The average Bonchev–Trinajstić information content (AvgIpc) is 2.94. The number of benzene rings is 1. The molecule has 194 valence electrons. The Labute approximate surface area is 215 Å². The van der Waals surface area contributed by atoms with Gasteiger partial charge in [-0.1, -0.05) is 25.0 Å². The van der Waals surface area contributed by atoms with Gasteiger partial charge in [-0.3, -0.25) is 14.8 Å². The Hall–Kier alpha value is -3.60. The summed E-state index contributed by atoms with van der Waals surface area (Å²) in [6, 6.07) is 10.9. The van der Waals surface area contributed by atoms with Crippen molar-refractivity contribution in [2.75, 3.05) is 36.2 Å². The molecule has 2 aliphatic rings. The van der Waals surface area contributed by atoms with Crippen molar-refractivity contribution in [2.24, 2.45) is 11.5 Å². The molecule has 2 fully saturated rings. The summed E-state index contributed by atoms with van der Waals surface area (Å²) in [6.45, 7) is 2.91. The van der Waals surface area contributed by atoms with Gasteiger partial charge in [-0.15, -0.1) is 0 Å². The molecule has 1 amide bonds. The van der Waals surface area contributed by atoms with Gasteiger partial charge in [0, 0.05) is 48.8 Å². The molecule has 5 rings (SSSR count). The molecule has 0 spiro atoms. The van der Waals surface area contributed by atoms with Crippen LogP contribution in [0.25, 0.3) is 11.1 Å². The lowest BCUT2D eigenvalue weighted by Crippen LogP contribution is -2.53. The van der Waals surface area contributed by atoms with E-state index in [-0.39, 0.29) is 23.3 Å². The second-order valence-corrected chi connectivity index (χ2v) is 9.46. The Balaban J connectivity index is 1.52. The third-order valence-electron chi connectivity index (χ3n) is 7.01. The summed E-state index contributed by atoms with van der Waals surface area (Å²) in [5.41, 5.74) is 17.8. The summed E-state index contributed by atoms with van der Waals surface area (Å²) in [5, 5.41) is 1.58. The van der Waals surface area contributed by atoms with Crippen molar-refractivity contribution in [1.29, 1.82) is 0 Å². The van der Waals surface area contributed by atoms with Crippen molar-refractivity contribution >= 4 is 23.1 Å². The molecule has 0 bridgehead atoms. The lowest BCUT2D eigenvalue weighted by Gasteiger charge is -2.35. The van der Waals surface area contributed by atoms with Crippen LogP contribution in [0.4, 0.5) is 21.6 Å². The molecular weight excluding hydrogens is 473 g/mol. The minimum atomic E-state index is -0.581. The van der Waals surface area contributed by atoms with Gasteiger partial charge in [-0.05, 0) is 42.7 Å². The maximum Gasteiger partial charge on any atom is 0.250 e. The summed E-state index contributed by atoms with van der Waals surface area (Å²) in [4.78, 5) is 22.6. The van der Waals surface area contributed by atoms with Crippen molar-refractivity contribution in [3.05, 3.63) is 66.4 Å². The number of pyridine rings is 2. The molecule has 2 unspecified atom stereocenters. The number of carbonyl (C=O) groups excluding carboxylic acids is 1. The number of primary amides is 1. The maximum atomic E-state index is 16.2. The second-order valence-electron chi connectivity index (χ2n) is 9.46. The number of amides is 1. The number of ether oxygens (including phenoxy) is 1. The molecule has 5 N–H and O–H groups in total. The van der Waals surface area contributed by atoms with E-state index in [0.717, 1.165) is 50.0 Å². The number of anilines is 3. The van der Waals surface area contributed by atoms with Gasteiger partial charge in [-0.2, -0.15) is 0 Å². The van der Waals surface area contributed by atoms with Gasteiger partial charge in [0.2, 0.25) is 5.91 Å². The number of hydrogen-bond donors (Lipinski definition) is 3. The number of rotatable bonds is 7. The Morgan fingerprint density at radius 2 is 1.92 bits per heavy atom. The Morgan fingerprint density at radius 1 is 1.11 bits per heavy atom. The van der Waals surface area contributed by atoms with Gasteiger partial charge in [0.15, 0.2) is 5.82 Å². The highest BCUT2D eigenvalue weighted by molar-refractivity contribution is 5.92. The minimum absolute atomic E-state index is 0.0703. The van der Waals surface area contributed by atoms with Crippen LogP contribution in [-0.2, 0) is 4.74 Å². The van der Waals surface area contributed by atoms with Crippen LogP contribution in [0.1, 0.15) is 36.0 Å². The predicted octanol–water partition coefficient (Wildman–Crippen LogP) is 3.13. The number of aromatic nitrogens is 2. The first-order chi connectivity index (χ1) is 18.0. The largest absolute Gasteiger partial charge is 0.378 e. The maximum absolute atomic E-state index is 16.2. The average molecular weight is 506 g/mol. The van der Waals surface area contributed by atoms with Crippen molar-refractivity contribution in [3.63, 3.8) is 0 Å². The Kier molecular flexibility index (Phi) is 7.59. The van der Waals surface area contributed by atoms with Crippen LogP contribution < -0.4 is 26.8 Å². The SMILES string of the molecule is NC(=O)c1ccc(N(NC2CCCCC2N)c2cncc(-c3cccc(N4CCOCC4)c3)c2F)nc1. The number of morpholine rings is 1. The van der Waals surface area contributed by atoms with Gasteiger partial charge in [0.05, 0.1) is 25.0 Å². The fraction of sp³-hybridized carbons (Fsp3) is 0.370. The summed E-state index contributed by atoms with van der Waals surface area (Å²) in [7, 11) is 0. The zero-order valence-electron chi connectivity index (χ0n) is 20.6. The molecule has 2 aromatic heterocycles. The number of hydrogen-bond acceptors (Lipinski definition) is 8. The first kappa shape index (κ1) is 25.1. The van der Waals surface area contributed by atoms with E-state index in [9.17, 15) is 4.79 Å². The molecule has 2 atom stereocenters. The van der Waals surface area contributed by atoms with Crippen LogP contribution in [0.15, 0.2) is 55.0 Å². The number of nitrogens with one attached hydrogen (secondary N) is 1. The summed E-state index contributed by atoms with van der Waals surface area (Å²) < 4.78 is 21.7. The number of nitrogens with zero attached hydrogens (tertiary/aromatic N) is 4. The summed E-state index contributed by atoms with van der Waals surface area (Å²) in [6.07, 6.45) is 8.22. The Morgan fingerprint density at radius 3 is 2.65 bits per heavy atom. The quantitative estimate of drug-likeness (QED) is 0.419. The minimum Gasteiger partial charge on any atom is -0.378 e. The molecule has 1 aliphatic heterocycles. The zero-order valence-corrected chi connectivity index (χ0v) is 20.6. The van der Waals surface area contributed by atoms with E-state index in [1.54, 1.807) is 17.1 Å². The first-order valence-electron chi connectivity index (χ1n) is 12.7. The zero-order chi connectivity index (χ0) is 25.8. The molecule has 10 heteroatoms. The molecule has 3 heterocycles. The van der Waals surface area contributed by atoms with Gasteiger partial charge in [0.1, 0.15) is 11.5 Å². The normalized spacial score (nSPS) is 20.0. The summed E-state index contributed by atoms with van der Waals surface area (Å²) in [5.74, 6) is -0.614. The van der Waals surface area contributed by atoms with E-state index in [4.69, 9.17) is 16.2 Å². The molecule has 37 heavy (non-hydrogen) atoms. The molecule has 1 saturated carbocycles. The fourth-order valence-electron chi connectivity index (χ4n) is 4.89.